The van der Waals surface area contributed by atoms with Crippen molar-refractivity contribution >= 4 is 21.4 Å². The Hall–Kier alpha value is -2.35. The summed E-state index contributed by atoms with van der Waals surface area (Å²) in [5, 5.41) is 7.53. The van der Waals surface area contributed by atoms with E-state index in [9.17, 15) is 13.2 Å². The van der Waals surface area contributed by atoms with Gasteiger partial charge in [0.1, 0.15) is 11.4 Å². The van der Waals surface area contributed by atoms with E-state index in [2.05, 4.69) is 10.4 Å². The van der Waals surface area contributed by atoms with Crippen molar-refractivity contribution in [2.24, 2.45) is 0 Å². The van der Waals surface area contributed by atoms with Gasteiger partial charge in [-0.15, -0.1) is 0 Å². The van der Waals surface area contributed by atoms with E-state index in [1.54, 1.807) is 16.8 Å². The summed E-state index contributed by atoms with van der Waals surface area (Å²) < 4.78 is 30.9. The predicted molar refractivity (Wildman–Crippen MR) is 102 cm³/mol. The van der Waals surface area contributed by atoms with Crippen molar-refractivity contribution in [2.75, 3.05) is 23.4 Å². The smallest absolute Gasteiger partial charge is 0.274 e. The molecule has 0 saturated carbocycles. The van der Waals surface area contributed by atoms with Crippen LogP contribution in [0.1, 0.15) is 47.6 Å². The Morgan fingerprint density at radius 2 is 2.07 bits per heavy atom. The van der Waals surface area contributed by atoms with Crippen molar-refractivity contribution in [2.45, 2.75) is 38.6 Å². The fourth-order valence-electron chi connectivity index (χ4n) is 3.88. The maximum Gasteiger partial charge on any atom is 0.274 e. The van der Waals surface area contributed by atoms with Crippen molar-refractivity contribution < 1.29 is 17.9 Å². The van der Waals surface area contributed by atoms with Gasteiger partial charge in [0, 0.05) is 11.3 Å². The third-order valence-electron chi connectivity index (χ3n) is 5.12. The highest BCUT2D eigenvalue weighted by molar-refractivity contribution is 7.91. The largest absolute Gasteiger partial charge is 0.494 e. The number of fused-ring (bicyclic) bond motifs is 1. The van der Waals surface area contributed by atoms with Crippen LogP contribution in [-0.2, 0) is 22.7 Å². The fraction of sp³-hybridized carbons (Fsp3) is 0.474. The van der Waals surface area contributed by atoms with Gasteiger partial charge >= 0.3 is 0 Å². The minimum absolute atomic E-state index is 0.0525. The minimum atomic E-state index is -3.05. The van der Waals surface area contributed by atoms with Crippen LogP contribution in [0.25, 0.3) is 0 Å². The lowest BCUT2D eigenvalue weighted by molar-refractivity contribution is 0.101. The summed E-state index contributed by atoms with van der Waals surface area (Å²) in [7, 11) is -3.05. The maximum atomic E-state index is 13.0. The molecule has 0 radical (unpaired) electrons. The molecule has 1 unspecified atom stereocenters. The molecule has 2 heterocycles. The van der Waals surface area contributed by atoms with Gasteiger partial charge in [-0.05, 0) is 56.9 Å². The molecule has 144 valence electrons. The molecule has 2 aliphatic rings. The van der Waals surface area contributed by atoms with Gasteiger partial charge in [-0.2, -0.15) is 5.10 Å². The molecule has 0 bridgehead atoms. The second-order valence-corrected chi connectivity index (χ2v) is 9.27. The van der Waals surface area contributed by atoms with E-state index in [0.29, 0.717) is 24.4 Å². The lowest BCUT2D eigenvalue weighted by Gasteiger charge is -2.15. The quantitative estimate of drug-likeness (QED) is 0.848. The molecule has 1 amide bonds. The number of carbonyl (C=O) groups is 1. The molecule has 0 spiro atoms. The number of aryl methyl sites for hydroxylation is 1. The summed E-state index contributed by atoms with van der Waals surface area (Å²) in [6.45, 7) is 2.50. The van der Waals surface area contributed by atoms with Gasteiger partial charge in [-0.25, -0.2) is 8.42 Å². The van der Waals surface area contributed by atoms with Crippen LogP contribution in [0.15, 0.2) is 24.3 Å². The Morgan fingerprint density at radius 1 is 1.30 bits per heavy atom. The third kappa shape index (κ3) is 3.58. The number of anilines is 1. The lowest BCUT2D eigenvalue weighted by atomic mass is 10.1. The van der Waals surface area contributed by atoms with Gasteiger partial charge in [-0.1, -0.05) is 0 Å². The van der Waals surface area contributed by atoms with E-state index >= 15 is 0 Å². The molecule has 8 heteroatoms. The average Bonchev–Trinajstić information content (AvgIpc) is 3.30. The van der Waals surface area contributed by atoms with Gasteiger partial charge in [0.15, 0.2) is 9.84 Å². The van der Waals surface area contributed by atoms with Crippen molar-refractivity contribution in [3.63, 3.8) is 0 Å². The van der Waals surface area contributed by atoms with Gasteiger partial charge in [0.25, 0.3) is 5.91 Å². The highest BCUT2D eigenvalue weighted by atomic mass is 32.2. The summed E-state index contributed by atoms with van der Waals surface area (Å²) in [6.07, 6.45) is 3.13. The van der Waals surface area contributed by atoms with Crippen LogP contribution < -0.4 is 10.1 Å². The monoisotopic (exact) mass is 389 g/mol. The second-order valence-electron chi connectivity index (χ2n) is 7.04. The zero-order valence-corrected chi connectivity index (χ0v) is 16.1. The Balaban J connectivity index is 1.61. The lowest BCUT2D eigenvalue weighted by Crippen LogP contribution is -2.23. The number of hydrogen-bond donors (Lipinski definition) is 1. The van der Waals surface area contributed by atoms with Crippen LogP contribution in [0, 0.1) is 0 Å². The van der Waals surface area contributed by atoms with Crippen LogP contribution in [0.4, 0.5) is 5.69 Å². The van der Waals surface area contributed by atoms with Crippen LogP contribution in [0.3, 0.4) is 0 Å². The molecular weight excluding hydrogens is 366 g/mol. The first-order chi connectivity index (χ1) is 13.0. The molecule has 27 heavy (non-hydrogen) atoms. The van der Waals surface area contributed by atoms with Gasteiger partial charge < -0.3 is 10.1 Å². The van der Waals surface area contributed by atoms with E-state index in [1.165, 1.54) is 0 Å². The average molecular weight is 389 g/mol. The second kappa shape index (κ2) is 6.99. The van der Waals surface area contributed by atoms with E-state index in [4.69, 9.17) is 4.74 Å². The molecule has 1 aliphatic carbocycles. The molecule has 1 saturated heterocycles. The van der Waals surface area contributed by atoms with Crippen molar-refractivity contribution in [1.82, 2.24) is 9.78 Å². The number of ether oxygens (including phenoxy) is 1. The number of hydrogen-bond acceptors (Lipinski definition) is 5. The van der Waals surface area contributed by atoms with Crippen molar-refractivity contribution in [3.8, 4) is 5.75 Å². The number of nitrogens with zero attached hydrogens (tertiary/aromatic N) is 2. The number of rotatable bonds is 5. The van der Waals surface area contributed by atoms with Gasteiger partial charge in [0.05, 0.1) is 29.8 Å². The molecule has 1 aromatic carbocycles. The number of benzene rings is 1. The first kappa shape index (κ1) is 18.0. The molecule has 7 nitrogen and oxygen atoms in total. The summed E-state index contributed by atoms with van der Waals surface area (Å²) in [4.78, 5) is 13.0. The Bertz CT molecular complexity index is 964. The highest BCUT2D eigenvalue weighted by Crippen LogP contribution is 2.31. The zero-order chi connectivity index (χ0) is 19.0. The van der Waals surface area contributed by atoms with E-state index < -0.39 is 9.84 Å². The Kier molecular flexibility index (Phi) is 4.67. The van der Waals surface area contributed by atoms with Gasteiger partial charge in [-0.3, -0.25) is 9.48 Å². The van der Waals surface area contributed by atoms with E-state index in [-0.39, 0.29) is 23.5 Å². The molecular formula is C19H23N3O4S. The van der Waals surface area contributed by atoms with Crippen LogP contribution >= 0.6 is 0 Å². The summed E-state index contributed by atoms with van der Waals surface area (Å²) in [6, 6.07) is 6.95. The number of nitrogens with one attached hydrogen (secondary N) is 1. The Labute approximate surface area is 158 Å². The van der Waals surface area contributed by atoms with E-state index in [0.717, 1.165) is 36.3 Å². The number of sulfone groups is 1. The number of carbonyl (C=O) groups excluding carboxylic acids is 1. The van der Waals surface area contributed by atoms with E-state index in [1.807, 2.05) is 19.1 Å². The fourth-order valence-corrected chi connectivity index (χ4v) is 5.57. The molecule has 1 atom stereocenters. The topological polar surface area (TPSA) is 90.3 Å². The summed E-state index contributed by atoms with van der Waals surface area (Å²) >= 11 is 0. The van der Waals surface area contributed by atoms with Crippen LogP contribution in [-0.4, -0.2) is 42.2 Å². The normalized spacial score (nSPS) is 20.4. The first-order valence-corrected chi connectivity index (χ1v) is 11.1. The Morgan fingerprint density at radius 3 is 2.74 bits per heavy atom. The predicted octanol–water partition coefficient (Wildman–Crippen LogP) is 2.38. The summed E-state index contributed by atoms with van der Waals surface area (Å²) in [5.74, 6) is 0.718. The molecule has 1 fully saturated rings. The molecule has 4 rings (SSSR count). The highest BCUT2D eigenvalue weighted by Gasteiger charge is 2.35. The number of aromatic nitrogens is 2. The third-order valence-corrected chi connectivity index (χ3v) is 6.87. The van der Waals surface area contributed by atoms with Crippen LogP contribution in [0.2, 0.25) is 0 Å². The summed E-state index contributed by atoms with van der Waals surface area (Å²) in [5.41, 5.74) is 3.07. The minimum Gasteiger partial charge on any atom is -0.494 e. The number of amides is 1. The zero-order valence-electron chi connectivity index (χ0n) is 15.3. The van der Waals surface area contributed by atoms with Gasteiger partial charge in [0.2, 0.25) is 0 Å². The SMILES string of the molecule is CCOc1ccc(NC(=O)c2c3c(nn2C2CCS(=O)(=O)C2)CCC3)cc1. The molecule has 2 aromatic rings. The maximum absolute atomic E-state index is 13.0. The molecule has 1 aliphatic heterocycles. The first-order valence-electron chi connectivity index (χ1n) is 9.32. The van der Waals surface area contributed by atoms with Crippen molar-refractivity contribution in [3.05, 3.63) is 41.2 Å². The van der Waals surface area contributed by atoms with Crippen LogP contribution in [0.5, 0.6) is 5.75 Å². The van der Waals surface area contributed by atoms with Crippen molar-refractivity contribution in [1.29, 1.82) is 0 Å². The standard InChI is InChI=1S/C19H23N3O4S/c1-2-26-15-8-6-13(7-9-15)20-19(23)18-16-4-3-5-17(16)21-22(18)14-10-11-27(24,25)12-14/h6-9,14H,2-5,10-12H2,1H3,(H,20,23). The molecule has 1 N–H and O–H groups in total. The molecule has 1 aromatic heterocycles.